The predicted molar refractivity (Wildman–Crippen MR) is 81.5 cm³/mol. The van der Waals surface area contributed by atoms with Gasteiger partial charge in [-0.25, -0.2) is 0 Å². The van der Waals surface area contributed by atoms with Gasteiger partial charge < -0.3 is 4.74 Å². The monoisotopic (exact) mass is 268 g/mol. The molecule has 0 atom stereocenters. The van der Waals surface area contributed by atoms with Crippen LogP contribution in [0.2, 0.25) is 0 Å². The second kappa shape index (κ2) is 6.90. The molecule has 104 valence electrons. The minimum Gasteiger partial charge on any atom is -0.494 e. The number of aryl methyl sites for hydroxylation is 1. The molecule has 0 saturated carbocycles. The number of hydrogen-bond donors (Lipinski definition) is 0. The van der Waals surface area contributed by atoms with E-state index >= 15 is 0 Å². The Labute approximate surface area is 120 Å². The van der Waals surface area contributed by atoms with E-state index < -0.39 is 0 Å². The molecule has 20 heavy (non-hydrogen) atoms. The standard InChI is InChI=1S/C18H20O2/c1-3-4-13-20-17-11-9-16(10-12-17)18(19)15-7-5-14(2)6-8-15/h5-12H,3-4,13H2,1-2H3. The van der Waals surface area contributed by atoms with E-state index in [9.17, 15) is 4.79 Å². The molecule has 0 saturated heterocycles. The third-order valence-corrected chi connectivity index (χ3v) is 3.20. The van der Waals surface area contributed by atoms with E-state index in [-0.39, 0.29) is 5.78 Å². The molecule has 2 heteroatoms. The van der Waals surface area contributed by atoms with E-state index in [1.165, 1.54) is 0 Å². The molecule has 0 bridgehead atoms. The SMILES string of the molecule is CCCCOc1ccc(C(=O)c2ccc(C)cc2)cc1. The predicted octanol–water partition coefficient (Wildman–Crippen LogP) is 4.40. The fourth-order valence-corrected chi connectivity index (χ4v) is 1.91. The molecule has 0 aliphatic rings. The third kappa shape index (κ3) is 3.70. The molecule has 0 aromatic heterocycles. The lowest BCUT2D eigenvalue weighted by atomic mass is 10.0. The molecule has 0 unspecified atom stereocenters. The smallest absolute Gasteiger partial charge is 0.193 e. The maximum absolute atomic E-state index is 12.3. The van der Waals surface area contributed by atoms with Crippen LogP contribution in [-0.2, 0) is 0 Å². The van der Waals surface area contributed by atoms with Gasteiger partial charge in [0.2, 0.25) is 0 Å². The minimum absolute atomic E-state index is 0.0464. The van der Waals surface area contributed by atoms with E-state index in [1.54, 1.807) is 0 Å². The first-order chi connectivity index (χ1) is 9.70. The van der Waals surface area contributed by atoms with Crippen LogP contribution in [0.25, 0.3) is 0 Å². The Morgan fingerprint density at radius 1 is 0.950 bits per heavy atom. The molecule has 0 amide bonds. The molecular formula is C18H20O2. The van der Waals surface area contributed by atoms with Crippen molar-refractivity contribution >= 4 is 5.78 Å². The number of ketones is 1. The van der Waals surface area contributed by atoms with Crippen LogP contribution >= 0.6 is 0 Å². The average molecular weight is 268 g/mol. The van der Waals surface area contributed by atoms with Crippen LogP contribution in [0.4, 0.5) is 0 Å². The molecule has 0 fully saturated rings. The lowest BCUT2D eigenvalue weighted by Gasteiger charge is -2.06. The number of benzene rings is 2. The van der Waals surface area contributed by atoms with Gasteiger partial charge in [0, 0.05) is 11.1 Å². The van der Waals surface area contributed by atoms with Crippen LogP contribution in [0.1, 0.15) is 41.3 Å². The Balaban J connectivity index is 2.05. The lowest BCUT2D eigenvalue weighted by molar-refractivity contribution is 0.103. The van der Waals surface area contributed by atoms with Crippen molar-refractivity contribution in [2.75, 3.05) is 6.61 Å². The topological polar surface area (TPSA) is 26.3 Å². The van der Waals surface area contributed by atoms with Gasteiger partial charge in [-0.3, -0.25) is 4.79 Å². The van der Waals surface area contributed by atoms with E-state index in [2.05, 4.69) is 6.92 Å². The average Bonchev–Trinajstić information content (AvgIpc) is 2.48. The van der Waals surface area contributed by atoms with Crippen LogP contribution in [0, 0.1) is 6.92 Å². The van der Waals surface area contributed by atoms with Gasteiger partial charge >= 0.3 is 0 Å². The number of carbonyl (C=O) groups is 1. The van der Waals surface area contributed by atoms with Gasteiger partial charge in [-0.05, 0) is 37.6 Å². The summed E-state index contributed by atoms with van der Waals surface area (Å²) in [5.74, 6) is 0.865. The second-order valence-corrected chi connectivity index (χ2v) is 4.92. The van der Waals surface area contributed by atoms with Gasteiger partial charge in [0.15, 0.2) is 5.78 Å². The molecule has 0 radical (unpaired) electrons. The van der Waals surface area contributed by atoms with Gasteiger partial charge in [0.1, 0.15) is 5.75 Å². The normalized spacial score (nSPS) is 10.3. The van der Waals surface area contributed by atoms with Crippen molar-refractivity contribution in [3.05, 3.63) is 65.2 Å². The molecule has 0 N–H and O–H groups in total. The number of rotatable bonds is 6. The van der Waals surface area contributed by atoms with Gasteiger partial charge in [-0.1, -0.05) is 43.2 Å². The first-order valence-electron chi connectivity index (χ1n) is 7.05. The highest BCUT2D eigenvalue weighted by Gasteiger charge is 2.08. The highest BCUT2D eigenvalue weighted by atomic mass is 16.5. The summed E-state index contributed by atoms with van der Waals surface area (Å²) in [6.07, 6.45) is 2.16. The first kappa shape index (κ1) is 14.3. The van der Waals surface area contributed by atoms with E-state index in [0.29, 0.717) is 5.56 Å². The number of hydrogen-bond acceptors (Lipinski definition) is 2. The molecule has 2 rings (SSSR count). The molecule has 2 nitrogen and oxygen atoms in total. The number of ether oxygens (including phenoxy) is 1. The van der Waals surface area contributed by atoms with Crippen molar-refractivity contribution in [1.29, 1.82) is 0 Å². The number of carbonyl (C=O) groups excluding carboxylic acids is 1. The molecular weight excluding hydrogens is 248 g/mol. The maximum atomic E-state index is 12.3. The van der Waals surface area contributed by atoms with Crippen LogP contribution in [0.3, 0.4) is 0 Å². The van der Waals surface area contributed by atoms with Gasteiger partial charge in [0.25, 0.3) is 0 Å². The minimum atomic E-state index is 0.0464. The van der Waals surface area contributed by atoms with Gasteiger partial charge in [-0.15, -0.1) is 0 Å². The van der Waals surface area contributed by atoms with Crippen molar-refractivity contribution in [2.24, 2.45) is 0 Å². The summed E-state index contributed by atoms with van der Waals surface area (Å²) in [6, 6.07) is 15.0. The molecule has 2 aromatic carbocycles. The van der Waals surface area contributed by atoms with E-state index in [4.69, 9.17) is 4.74 Å². The highest BCUT2D eigenvalue weighted by Crippen LogP contribution is 2.16. The van der Waals surface area contributed by atoms with Gasteiger partial charge in [0.05, 0.1) is 6.61 Å². The molecule has 2 aromatic rings. The fraction of sp³-hybridized carbons (Fsp3) is 0.278. The van der Waals surface area contributed by atoms with Crippen LogP contribution < -0.4 is 4.74 Å². The summed E-state index contributed by atoms with van der Waals surface area (Å²) in [5.41, 5.74) is 2.56. The summed E-state index contributed by atoms with van der Waals surface area (Å²) in [7, 11) is 0. The first-order valence-corrected chi connectivity index (χ1v) is 7.05. The summed E-state index contributed by atoms with van der Waals surface area (Å²) in [5, 5.41) is 0. The van der Waals surface area contributed by atoms with Gasteiger partial charge in [-0.2, -0.15) is 0 Å². The molecule has 0 spiro atoms. The lowest BCUT2D eigenvalue weighted by Crippen LogP contribution is -2.02. The fourth-order valence-electron chi connectivity index (χ4n) is 1.91. The van der Waals surface area contributed by atoms with Crippen LogP contribution in [0.5, 0.6) is 5.75 Å². The quantitative estimate of drug-likeness (QED) is 0.573. The van der Waals surface area contributed by atoms with Crippen molar-refractivity contribution in [3.63, 3.8) is 0 Å². The van der Waals surface area contributed by atoms with E-state index in [0.717, 1.165) is 36.3 Å². The van der Waals surface area contributed by atoms with Crippen molar-refractivity contribution in [1.82, 2.24) is 0 Å². The Kier molecular flexibility index (Phi) is 4.94. The summed E-state index contributed by atoms with van der Waals surface area (Å²) in [6.45, 7) is 4.87. The third-order valence-electron chi connectivity index (χ3n) is 3.20. The largest absolute Gasteiger partial charge is 0.494 e. The summed E-state index contributed by atoms with van der Waals surface area (Å²) in [4.78, 5) is 12.3. The zero-order valence-electron chi connectivity index (χ0n) is 12.1. The number of unbranched alkanes of at least 4 members (excludes halogenated alkanes) is 1. The Bertz CT molecular complexity index is 553. The zero-order valence-corrected chi connectivity index (χ0v) is 12.1. The van der Waals surface area contributed by atoms with Crippen LogP contribution in [-0.4, -0.2) is 12.4 Å². The Morgan fingerprint density at radius 3 is 2.05 bits per heavy atom. The zero-order chi connectivity index (χ0) is 14.4. The van der Waals surface area contributed by atoms with Crippen molar-refractivity contribution in [2.45, 2.75) is 26.7 Å². The van der Waals surface area contributed by atoms with Crippen molar-refractivity contribution < 1.29 is 9.53 Å². The summed E-state index contributed by atoms with van der Waals surface area (Å²) < 4.78 is 5.59. The summed E-state index contributed by atoms with van der Waals surface area (Å²) >= 11 is 0. The van der Waals surface area contributed by atoms with Crippen LogP contribution in [0.15, 0.2) is 48.5 Å². The molecule has 0 heterocycles. The Hall–Kier alpha value is -2.09. The molecule has 0 aliphatic heterocycles. The highest BCUT2D eigenvalue weighted by molar-refractivity contribution is 6.09. The van der Waals surface area contributed by atoms with Crippen molar-refractivity contribution in [3.8, 4) is 5.75 Å². The Morgan fingerprint density at radius 2 is 1.50 bits per heavy atom. The maximum Gasteiger partial charge on any atom is 0.193 e. The van der Waals surface area contributed by atoms with E-state index in [1.807, 2.05) is 55.5 Å². The second-order valence-electron chi connectivity index (χ2n) is 4.92. The molecule has 0 aliphatic carbocycles.